The number of hydrogen-bond acceptors (Lipinski definition) is 6. The van der Waals surface area contributed by atoms with Crippen molar-refractivity contribution < 1.29 is 9.50 Å². The smallest absolute Gasteiger partial charge is 0.186 e. The fourth-order valence-electron chi connectivity index (χ4n) is 5.97. The SMILES string of the molecule is CC1CC[C@H](C2CN(c3nc4ccc(F)c(N[C@H](C)c5ccc(Cl)cc5Cl)c4s3)C2)C(C)N1CCO. The Morgan fingerprint density at radius 3 is 2.69 bits per heavy atom. The van der Waals surface area contributed by atoms with E-state index in [0.29, 0.717) is 39.7 Å². The lowest BCUT2D eigenvalue weighted by atomic mass is 9.75. The van der Waals surface area contributed by atoms with Crippen LogP contribution in [-0.4, -0.2) is 53.3 Å². The number of aliphatic hydroxyl groups excluding tert-OH is 1. The third-order valence-electron chi connectivity index (χ3n) is 8.06. The molecule has 5 nitrogen and oxygen atoms in total. The topological polar surface area (TPSA) is 51.6 Å². The minimum Gasteiger partial charge on any atom is -0.395 e. The van der Waals surface area contributed by atoms with Crippen LogP contribution < -0.4 is 10.2 Å². The number of benzene rings is 2. The molecule has 2 aliphatic heterocycles. The van der Waals surface area contributed by atoms with E-state index in [1.807, 2.05) is 13.0 Å². The molecular weight excluding hydrogens is 518 g/mol. The molecule has 4 atom stereocenters. The van der Waals surface area contributed by atoms with Crippen LogP contribution >= 0.6 is 34.5 Å². The van der Waals surface area contributed by atoms with Crippen LogP contribution in [0, 0.1) is 17.7 Å². The van der Waals surface area contributed by atoms with Crippen molar-refractivity contribution in [2.24, 2.45) is 11.8 Å². The second-order valence-electron chi connectivity index (χ2n) is 10.3. The summed E-state index contributed by atoms with van der Waals surface area (Å²) in [6.45, 7) is 9.43. The maximum absolute atomic E-state index is 15.0. The van der Waals surface area contributed by atoms with Crippen LogP contribution in [0.15, 0.2) is 30.3 Å². The predicted octanol–water partition coefficient (Wildman–Crippen LogP) is 6.83. The van der Waals surface area contributed by atoms with Gasteiger partial charge < -0.3 is 15.3 Å². The lowest BCUT2D eigenvalue weighted by Crippen LogP contribution is -2.58. The normalized spacial score (nSPS) is 24.2. The summed E-state index contributed by atoms with van der Waals surface area (Å²) in [5.41, 5.74) is 2.12. The Balaban J connectivity index is 1.31. The maximum Gasteiger partial charge on any atom is 0.186 e. The monoisotopic (exact) mass is 550 g/mol. The van der Waals surface area contributed by atoms with Crippen molar-refractivity contribution in [1.29, 1.82) is 0 Å². The molecule has 5 rings (SSSR count). The van der Waals surface area contributed by atoms with Gasteiger partial charge in [-0.3, -0.25) is 4.90 Å². The summed E-state index contributed by atoms with van der Waals surface area (Å²) in [6.07, 6.45) is 2.41. The van der Waals surface area contributed by atoms with Crippen LogP contribution in [0.4, 0.5) is 15.2 Å². The molecule has 0 aliphatic carbocycles. The molecular formula is C27H33Cl2FN4OS. The number of hydrogen-bond donors (Lipinski definition) is 2. The minimum atomic E-state index is -0.301. The fraction of sp³-hybridized carbons (Fsp3) is 0.519. The lowest BCUT2D eigenvalue weighted by Gasteiger charge is -2.51. The molecule has 0 saturated carbocycles. The van der Waals surface area contributed by atoms with E-state index in [-0.39, 0.29) is 18.5 Å². The predicted molar refractivity (Wildman–Crippen MR) is 149 cm³/mol. The zero-order valence-corrected chi connectivity index (χ0v) is 23.2. The highest BCUT2D eigenvalue weighted by Gasteiger charge is 2.42. The average Bonchev–Trinajstić information content (AvgIpc) is 3.23. The lowest BCUT2D eigenvalue weighted by molar-refractivity contribution is 0.0132. The van der Waals surface area contributed by atoms with Crippen molar-refractivity contribution in [3.63, 3.8) is 0 Å². The molecule has 2 aromatic carbocycles. The highest BCUT2D eigenvalue weighted by molar-refractivity contribution is 7.22. The molecule has 1 aromatic heterocycles. The Labute approximate surface area is 226 Å². The standard InChI is InChI=1S/C27H33Cl2FN4OS/c1-15-4-6-21(17(3)34(15)10-11-35)18-13-33(14-18)27-32-24-9-8-23(30)25(26(24)36-27)31-16(2)20-7-5-19(28)12-22(20)29/h5,7-9,12,15-18,21,31,35H,4,6,10-11,13-14H2,1-3H3/t15?,16-,17?,21+/m1/s1. The first-order chi connectivity index (χ1) is 17.3. The summed E-state index contributed by atoms with van der Waals surface area (Å²) in [4.78, 5) is 9.63. The van der Waals surface area contributed by atoms with E-state index in [2.05, 4.69) is 29.0 Å². The number of nitrogens with zero attached hydrogens (tertiary/aromatic N) is 3. The van der Waals surface area contributed by atoms with E-state index >= 15 is 0 Å². The number of aromatic nitrogens is 1. The van der Waals surface area contributed by atoms with Gasteiger partial charge in [0.15, 0.2) is 5.13 Å². The van der Waals surface area contributed by atoms with E-state index in [9.17, 15) is 9.50 Å². The molecule has 3 heterocycles. The molecule has 2 fully saturated rings. The van der Waals surface area contributed by atoms with Crippen LogP contribution in [0.2, 0.25) is 10.0 Å². The van der Waals surface area contributed by atoms with Gasteiger partial charge in [0, 0.05) is 41.8 Å². The van der Waals surface area contributed by atoms with Gasteiger partial charge in [-0.15, -0.1) is 0 Å². The third-order valence-corrected chi connectivity index (χ3v) is 9.77. The van der Waals surface area contributed by atoms with Gasteiger partial charge in [0.05, 0.1) is 28.6 Å². The highest BCUT2D eigenvalue weighted by Crippen LogP contribution is 2.43. The second-order valence-corrected chi connectivity index (χ2v) is 12.1. The number of rotatable bonds is 7. The van der Waals surface area contributed by atoms with Crippen molar-refractivity contribution in [3.05, 3.63) is 51.8 Å². The Morgan fingerprint density at radius 1 is 1.19 bits per heavy atom. The Bertz CT molecular complexity index is 1230. The molecule has 0 amide bonds. The second kappa shape index (κ2) is 10.6. The number of nitrogens with one attached hydrogen (secondary N) is 1. The molecule has 9 heteroatoms. The zero-order chi connectivity index (χ0) is 25.6. The minimum absolute atomic E-state index is 0.203. The van der Waals surface area contributed by atoms with E-state index in [0.717, 1.165) is 40.5 Å². The van der Waals surface area contributed by atoms with Gasteiger partial charge in [-0.25, -0.2) is 9.37 Å². The van der Waals surface area contributed by atoms with Crippen LogP contribution in [0.1, 0.15) is 45.2 Å². The first-order valence-corrected chi connectivity index (χ1v) is 14.3. The maximum atomic E-state index is 15.0. The molecule has 3 aromatic rings. The number of thiazole rings is 1. The van der Waals surface area contributed by atoms with Crippen LogP contribution in [0.5, 0.6) is 0 Å². The van der Waals surface area contributed by atoms with Crippen LogP contribution in [-0.2, 0) is 0 Å². The van der Waals surface area contributed by atoms with E-state index in [4.69, 9.17) is 28.2 Å². The average molecular weight is 552 g/mol. The number of halogens is 3. The molecule has 2 saturated heterocycles. The van der Waals surface area contributed by atoms with Gasteiger partial charge in [0.2, 0.25) is 0 Å². The van der Waals surface area contributed by atoms with E-state index < -0.39 is 0 Å². The number of likely N-dealkylation sites (tertiary alicyclic amines) is 1. The van der Waals surface area contributed by atoms with Gasteiger partial charge in [0.25, 0.3) is 0 Å². The van der Waals surface area contributed by atoms with Crippen LogP contribution in [0.3, 0.4) is 0 Å². The van der Waals surface area contributed by atoms with Crippen molar-refractivity contribution in [2.45, 2.75) is 51.7 Å². The van der Waals surface area contributed by atoms with Gasteiger partial charge >= 0.3 is 0 Å². The van der Waals surface area contributed by atoms with Crippen molar-refractivity contribution in [2.75, 3.05) is 36.5 Å². The molecule has 2 unspecified atom stereocenters. The number of anilines is 2. The largest absolute Gasteiger partial charge is 0.395 e. The first-order valence-electron chi connectivity index (χ1n) is 12.7. The zero-order valence-electron chi connectivity index (χ0n) is 20.8. The highest BCUT2D eigenvalue weighted by atomic mass is 35.5. The van der Waals surface area contributed by atoms with Crippen molar-refractivity contribution in [3.8, 4) is 0 Å². The Kier molecular flexibility index (Phi) is 7.66. The molecule has 2 aliphatic rings. The van der Waals surface area contributed by atoms with Gasteiger partial charge in [-0.05, 0) is 75.3 Å². The third kappa shape index (κ3) is 4.93. The Hall–Kier alpha value is -1.64. The first kappa shape index (κ1) is 26.0. The van der Waals surface area contributed by atoms with Crippen molar-refractivity contribution in [1.82, 2.24) is 9.88 Å². The number of piperidine rings is 1. The van der Waals surface area contributed by atoms with Gasteiger partial charge in [0.1, 0.15) is 5.82 Å². The molecule has 194 valence electrons. The van der Waals surface area contributed by atoms with Crippen LogP contribution in [0.25, 0.3) is 10.2 Å². The number of aliphatic hydroxyl groups is 1. The fourth-order valence-corrected chi connectivity index (χ4v) is 7.62. The van der Waals surface area contributed by atoms with Gasteiger partial charge in [-0.2, -0.15) is 0 Å². The number of β-amino-alcohol motifs (C(OH)–C–C–N with tert-alkyl or cyclic N) is 1. The quantitative estimate of drug-likeness (QED) is 0.337. The molecule has 2 N–H and O–H groups in total. The summed E-state index contributed by atoms with van der Waals surface area (Å²) in [7, 11) is 0. The van der Waals surface area contributed by atoms with E-state index in [1.165, 1.54) is 30.2 Å². The Morgan fingerprint density at radius 2 is 1.97 bits per heavy atom. The summed E-state index contributed by atoms with van der Waals surface area (Å²) in [6, 6.07) is 9.38. The summed E-state index contributed by atoms with van der Waals surface area (Å²) in [5.74, 6) is 0.936. The van der Waals surface area contributed by atoms with E-state index in [1.54, 1.807) is 18.2 Å². The molecule has 36 heavy (non-hydrogen) atoms. The summed E-state index contributed by atoms with van der Waals surface area (Å²) >= 11 is 14.0. The van der Waals surface area contributed by atoms with Gasteiger partial charge in [-0.1, -0.05) is 40.6 Å². The number of fused-ring (bicyclic) bond motifs is 1. The summed E-state index contributed by atoms with van der Waals surface area (Å²) in [5, 5.41) is 14.9. The van der Waals surface area contributed by atoms with Crippen molar-refractivity contribution >= 4 is 55.6 Å². The molecule has 0 spiro atoms. The molecule has 0 bridgehead atoms. The summed E-state index contributed by atoms with van der Waals surface area (Å²) < 4.78 is 15.8. The molecule has 0 radical (unpaired) electrons.